The zero-order chi connectivity index (χ0) is 13.4. The maximum Gasteiger partial charge on any atom is 0.123 e. The van der Waals surface area contributed by atoms with Gasteiger partial charge in [0.15, 0.2) is 0 Å². The molecule has 0 saturated carbocycles. The van der Waals surface area contributed by atoms with E-state index in [4.69, 9.17) is 0 Å². The molecular formula is C17H14FN. The second-order valence-electron chi connectivity index (χ2n) is 4.85. The van der Waals surface area contributed by atoms with E-state index in [-0.39, 0.29) is 5.82 Å². The number of hydrogen-bond acceptors (Lipinski definition) is 1. The van der Waals surface area contributed by atoms with Crippen molar-refractivity contribution in [2.24, 2.45) is 0 Å². The molecule has 2 heteroatoms. The molecule has 1 heterocycles. The molecule has 0 aliphatic rings. The third-order valence-electron chi connectivity index (χ3n) is 3.37. The minimum Gasteiger partial charge on any atom is -0.261 e. The fourth-order valence-corrected chi connectivity index (χ4v) is 2.32. The van der Waals surface area contributed by atoms with E-state index in [1.165, 1.54) is 6.07 Å². The first-order chi connectivity index (χ1) is 9.13. The van der Waals surface area contributed by atoms with Crippen LogP contribution in [-0.4, -0.2) is 4.98 Å². The van der Waals surface area contributed by atoms with Crippen LogP contribution in [0.2, 0.25) is 0 Å². The maximum absolute atomic E-state index is 13.4. The zero-order valence-corrected chi connectivity index (χ0v) is 10.9. The second-order valence-corrected chi connectivity index (χ2v) is 4.85. The normalized spacial score (nSPS) is 10.9. The number of aryl methyl sites for hydroxylation is 2. The predicted molar refractivity (Wildman–Crippen MR) is 76.6 cm³/mol. The standard InChI is InChI=1S/C17H14FN/c1-11-3-6-16(18)9-17(11)14-5-4-13-7-12(2)19-10-15(13)8-14/h3-10H,1-2H3. The van der Waals surface area contributed by atoms with Crippen molar-refractivity contribution in [2.45, 2.75) is 13.8 Å². The van der Waals surface area contributed by atoms with E-state index in [1.807, 2.05) is 32.2 Å². The number of benzene rings is 2. The fourth-order valence-electron chi connectivity index (χ4n) is 2.32. The number of halogens is 1. The molecule has 1 nitrogen and oxygen atoms in total. The minimum absolute atomic E-state index is 0.206. The summed E-state index contributed by atoms with van der Waals surface area (Å²) in [6.45, 7) is 3.97. The number of fused-ring (bicyclic) bond motifs is 1. The minimum atomic E-state index is -0.206. The van der Waals surface area contributed by atoms with E-state index in [2.05, 4.69) is 23.2 Å². The molecular weight excluding hydrogens is 237 g/mol. The smallest absolute Gasteiger partial charge is 0.123 e. The lowest BCUT2D eigenvalue weighted by atomic mass is 9.98. The van der Waals surface area contributed by atoms with E-state index < -0.39 is 0 Å². The molecule has 0 radical (unpaired) electrons. The Labute approximate surface area is 111 Å². The summed E-state index contributed by atoms with van der Waals surface area (Å²) in [5.41, 5.74) is 4.03. The van der Waals surface area contributed by atoms with E-state index in [9.17, 15) is 4.39 Å². The van der Waals surface area contributed by atoms with Crippen molar-refractivity contribution in [1.29, 1.82) is 0 Å². The Morgan fingerprint density at radius 3 is 2.58 bits per heavy atom. The molecule has 94 valence electrons. The maximum atomic E-state index is 13.4. The van der Waals surface area contributed by atoms with Crippen molar-refractivity contribution in [1.82, 2.24) is 4.98 Å². The van der Waals surface area contributed by atoms with Crippen molar-refractivity contribution in [3.05, 3.63) is 65.7 Å². The molecule has 0 N–H and O–H groups in total. The number of nitrogens with zero attached hydrogens (tertiary/aromatic N) is 1. The molecule has 0 fully saturated rings. The Morgan fingerprint density at radius 2 is 1.74 bits per heavy atom. The van der Waals surface area contributed by atoms with Gasteiger partial charge in [-0.1, -0.05) is 18.2 Å². The van der Waals surface area contributed by atoms with Crippen LogP contribution in [0, 0.1) is 19.7 Å². The average Bonchev–Trinajstić information content (AvgIpc) is 2.41. The molecule has 0 unspecified atom stereocenters. The van der Waals surface area contributed by atoms with Gasteiger partial charge in [-0.2, -0.15) is 0 Å². The first kappa shape index (κ1) is 11.8. The molecule has 1 aromatic heterocycles. The molecule has 0 bridgehead atoms. The molecule has 2 aromatic carbocycles. The number of rotatable bonds is 1. The summed E-state index contributed by atoms with van der Waals surface area (Å²) in [5.74, 6) is -0.206. The topological polar surface area (TPSA) is 12.9 Å². The molecule has 3 aromatic rings. The third kappa shape index (κ3) is 2.22. The highest BCUT2D eigenvalue weighted by Gasteiger charge is 2.05. The van der Waals surface area contributed by atoms with Crippen molar-refractivity contribution in [3.8, 4) is 11.1 Å². The summed E-state index contributed by atoms with van der Waals surface area (Å²) >= 11 is 0. The van der Waals surface area contributed by atoms with Crippen LogP contribution in [0.15, 0.2) is 48.7 Å². The molecule has 0 saturated heterocycles. The molecule has 0 atom stereocenters. The summed E-state index contributed by atoms with van der Waals surface area (Å²) in [7, 11) is 0. The lowest BCUT2D eigenvalue weighted by Crippen LogP contribution is -1.87. The fraction of sp³-hybridized carbons (Fsp3) is 0.118. The lowest BCUT2D eigenvalue weighted by Gasteiger charge is -2.08. The van der Waals surface area contributed by atoms with Crippen molar-refractivity contribution >= 4 is 10.8 Å². The highest BCUT2D eigenvalue weighted by Crippen LogP contribution is 2.27. The highest BCUT2D eigenvalue weighted by atomic mass is 19.1. The highest BCUT2D eigenvalue weighted by molar-refractivity contribution is 5.87. The summed E-state index contributed by atoms with van der Waals surface area (Å²) in [6, 6.07) is 13.1. The average molecular weight is 251 g/mol. The predicted octanol–water partition coefficient (Wildman–Crippen LogP) is 4.66. The van der Waals surface area contributed by atoms with Crippen LogP contribution in [0.25, 0.3) is 21.9 Å². The largest absolute Gasteiger partial charge is 0.261 e. The van der Waals surface area contributed by atoms with Crippen molar-refractivity contribution in [2.75, 3.05) is 0 Å². The van der Waals surface area contributed by atoms with Crippen molar-refractivity contribution < 1.29 is 4.39 Å². The van der Waals surface area contributed by atoms with Gasteiger partial charge in [0.25, 0.3) is 0 Å². The Balaban J connectivity index is 2.20. The van der Waals surface area contributed by atoms with Crippen LogP contribution in [0.5, 0.6) is 0 Å². The van der Waals surface area contributed by atoms with Gasteiger partial charge in [0, 0.05) is 17.3 Å². The number of aromatic nitrogens is 1. The number of pyridine rings is 1. The van der Waals surface area contributed by atoms with Crippen LogP contribution >= 0.6 is 0 Å². The van der Waals surface area contributed by atoms with E-state index in [0.29, 0.717) is 0 Å². The SMILES string of the molecule is Cc1cc2ccc(-c3cc(F)ccc3C)cc2cn1. The van der Waals surface area contributed by atoms with Gasteiger partial charge in [0.1, 0.15) is 5.82 Å². The monoisotopic (exact) mass is 251 g/mol. The molecule has 19 heavy (non-hydrogen) atoms. The van der Waals surface area contributed by atoms with Crippen LogP contribution in [0.4, 0.5) is 4.39 Å². The van der Waals surface area contributed by atoms with Gasteiger partial charge < -0.3 is 0 Å². The van der Waals surface area contributed by atoms with Gasteiger partial charge in [0.2, 0.25) is 0 Å². The summed E-state index contributed by atoms with van der Waals surface area (Å²) in [6.07, 6.45) is 1.86. The molecule has 0 aliphatic carbocycles. The van der Waals surface area contributed by atoms with Crippen LogP contribution in [0.3, 0.4) is 0 Å². The van der Waals surface area contributed by atoms with Crippen LogP contribution in [0.1, 0.15) is 11.3 Å². The summed E-state index contributed by atoms with van der Waals surface area (Å²) in [4.78, 5) is 4.31. The molecule has 3 rings (SSSR count). The Bertz CT molecular complexity index is 762. The third-order valence-corrected chi connectivity index (χ3v) is 3.37. The van der Waals surface area contributed by atoms with Gasteiger partial charge in [-0.3, -0.25) is 4.98 Å². The Morgan fingerprint density at radius 1 is 0.895 bits per heavy atom. The summed E-state index contributed by atoms with van der Waals surface area (Å²) < 4.78 is 13.4. The first-order valence-electron chi connectivity index (χ1n) is 6.26. The van der Waals surface area contributed by atoms with Crippen LogP contribution < -0.4 is 0 Å². The van der Waals surface area contributed by atoms with Gasteiger partial charge >= 0.3 is 0 Å². The number of hydrogen-bond donors (Lipinski definition) is 0. The van der Waals surface area contributed by atoms with Gasteiger partial charge in [-0.25, -0.2) is 4.39 Å². The Kier molecular flexibility index (Phi) is 2.79. The zero-order valence-electron chi connectivity index (χ0n) is 10.9. The van der Waals surface area contributed by atoms with E-state index >= 15 is 0 Å². The van der Waals surface area contributed by atoms with Gasteiger partial charge in [-0.05, 0) is 60.2 Å². The quantitative estimate of drug-likeness (QED) is 0.613. The van der Waals surface area contributed by atoms with Gasteiger partial charge in [-0.15, -0.1) is 0 Å². The molecule has 0 spiro atoms. The van der Waals surface area contributed by atoms with E-state index in [1.54, 1.807) is 6.07 Å². The van der Waals surface area contributed by atoms with Gasteiger partial charge in [0.05, 0.1) is 0 Å². The summed E-state index contributed by atoms with van der Waals surface area (Å²) in [5, 5.41) is 2.23. The van der Waals surface area contributed by atoms with E-state index in [0.717, 1.165) is 33.2 Å². The van der Waals surface area contributed by atoms with Crippen molar-refractivity contribution in [3.63, 3.8) is 0 Å². The lowest BCUT2D eigenvalue weighted by molar-refractivity contribution is 0.628. The molecule has 0 aliphatic heterocycles. The second kappa shape index (κ2) is 4.47. The molecule has 0 amide bonds. The Hall–Kier alpha value is -2.22. The van der Waals surface area contributed by atoms with Crippen LogP contribution in [-0.2, 0) is 0 Å². The first-order valence-corrected chi connectivity index (χ1v) is 6.26.